The monoisotopic (exact) mass is 269 g/mol. The Morgan fingerprint density at radius 1 is 1.41 bits per heavy atom. The van der Waals surface area contributed by atoms with E-state index in [2.05, 4.69) is 11.9 Å². The molecule has 2 rings (SSSR count). The van der Waals surface area contributed by atoms with Crippen molar-refractivity contribution in [3.05, 3.63) is 29.6 Å². The van der Waals surface area contributed by atoms with E-state index in [0.29, 0.717) is 10.5 Å². The molecule has 0 saturated carbocycles. The van der Waals surface area contributed by atoms with Crippen molar-refractivity contribution in [2.45, 2.75) is 36.9 Å². The van der Waals surface area contributed by atoms with Crippen molar-refractivity contribution in [1.82, 2.24) is 4.98 Å². The van der Waals surface area contributed by atoms with E-state index in [-0.39, 0.29) is 6.10 Å². The van der Waals surface area contributed by atoms with E-state index in [0.717, 1.165) is 23.3 Å². The van der Waals surface area contributed by atoms with Crippen molar-refractivity contribution in [2.24, 2.45) is 0 Å². The number of aliphatic hydroxyl groups is 1. The van der Waals surface area contributed by atoms with Gasteiger partial charge in [-0.15, -0.1) is 0 Å². The van der Waals surface area contributed by atoms with Gasteiger partial charge in [-0.25, -0.2) is 0 Å². The first kappa shape index (κ1) is 13.2. The van der Waals surface area contributed by atoms with Gasteiger partial charge in [-0.05, 0) is 18.9 Å². The lowest BCUT2D eigenvalue weighted by Crippen LogP contribution is -2.31. The quantitative estimate of drug-likeness (QED) is 0.914. The van der Waals surface area contributed by atoms with Gasteiger partial charge < -0.3 is 5.11 Å². The zero-order valence-electron chi connectivity index (χ0n) is 10.3. The third kappa shape index (κ3) is 3.18. The summed E-state index contributed by atoms with van der Waals surface area (Å²) in [6, 6.07) is 2.05. The van der Waals surface area contributed by atoms with Gasteiger partial charge in [0.05, 0.1) is 6.10 Å². The van der Waals surface area contributed by atoms with E-state index in [1.54, 1.807) is 6.20 Å². The molecule has 3 unspecified atom stereocenters. The highest BCUT2D eigenvalue weighted by atomic mass is 32.2. The molecule has 0 aromatic carbocycles. The summed E-state index contributed by atoms with van der Waals surface area (Å²) in [6.07, 6.45) is 4.37. The molecule has 1 aliphatic heterocycles. The van der Waals surface area contributed by atoms with Crippen LogP contribution >= 0.6 is 23.5 Å². The molecule has 1 N–H and O–H groups in total. The van der Waals surface area contributed by atoms with Crippen LogP contribution in [0.3, 0.4) is 0 Å². The molecule has 1 fully saturated rings. The highest BCUT2D eigenvalue weighted by Gasteiger charge is 2.31. The second-order valence-electron chi connectivity index (χ2n) is 4.39. The van der Waals surface area contributed by atoms with Gasteiger partial charge in [-0.2, -0.15) is 23.5 Å². The molecule has 0 radical (unpaired) electrons. The fourth-order valence-corrected chi connectivity index (χ4v) is 5.30. The maximum Gasteiger partial charge on any atom is 0.0934 e. The molecule has 1 saturated heterocycles. The zero-order valence-corrected chi connectivity index (χ0v) is 11.9. The molecule has 1 aliphatic rings. The van der Waals surface area contributed by atoms with Crippen LogP contribution in [0.2, 0.25) is 0 Å². The number of pyridine rings is 1. The van der Waals surface area contributed by atoms with Crippen LogP contribution in [0.5, 0.6) is 0 Å². The van der Waals surface area contributed by atoms with Crippen molar-refractivity contribution in [3.8, 4) is 0 Å². The standard InChI is InChI=1S/C13H19NOS2/c1-3-11-13(17-5-4-16-11)12(15)10-6-9(2)7-14-8-10/h6-8,11-13,15H,3-5H2,1-2H3. The average Bonchev–Trinajstić information content (AvgIpc) is 2.38. The van der Waals surface area contributed by atoms with Crippen molar-refractivity contribution in [3.63, 3.8) is 0 Å². The van der Waals surface area contributed by atoms with E-state index in [1.165, 1.54) is 5.75 Å². The summed E-state index contributed by atoms with van der Waals surface area (Å²) in [6.45, 7) is 4.22. The molecule has 2 nitrogen and oxygen atoms in total. The topological polar surface area (TPSA) is 33.1 Å². The van der Waals surface area contributed by atoms with Crippen LogP contribution in [-0.4, -0.2) is 32.1 Å². The minimum absolute atomic E-state index is 0.308. The molecular weight excluding hydrogens is 250 g/mol. The molecule has 1 aromatic heterocycles. The van der Waals surface area contributed by atoms with E-state index in [1.807, 2.05) is 42.7 Å². The Labute approximate surface area is 112 Å². The first-order valence-corrected chi connectivity index (χ1v) is 8.15. The number of aromatic nitrogens is 1. The maximum absolute atomic E-state index is 10.5. The summed E-state index contributed by atoms with van der Waals surface area (Å²) in [4.78, 5) is 4.17. The summed E-state index contributed by atoms with van der Waals surface area (Å²) in [7, 11) is 0. The third-order valence-electron chi connectivity index (χ3n) is 3.04. The van der Waals surface area contributed by atoms with Crippen LogP contribution in [0.15, 0.2) is 18.5 Å². The highest BCUT2D eigenvalue weighted by molar-refractivity contribution is 8.07. The summed E-state index contributed by atoms with van der Waals surface area (Å²) >= 11 is 3.90. The van der Waals surface area contributed by atoms with Gasteiger partial charge in [0.25, 0.3) is 0 Å². The molecule has 17 heavy (non-hydrogen) atoms. The van der Waals surface area contributed by atoms with Crippen molar-refractivity contribution < 1.29 is 5.11 Å². The van der Waals surface area contributed by atoms with Crippen LogP contribution in [0, 0.1) is 6.92 Å². The van der Waals surface area contributed by atoms with Gasteiger partial charge in [0.1, 0.15) is 0 Å². The first-order chi connectivity index (χ1) is 8.22. The number of rotatable bonds is 3. The van der Waals surface area contributed by atoms with Crippen LogP contribution < -0.4 is 0 Å². The summed E-state index contributed by atoms with van der Waals surface area (Å²) in [5, 5.41) is 11.4. The smallest absolute Gasteiger partial charge is 0.0934 e. The predicted molar refractivity (Wildman–Crippen MR) is 76.7 cm³/mol. The van der Waals surface area contributed by atoms with Gasteiger partial charge in [0.15, 0.2) is 0 Å². The molecule has 0 bridgehead atoms. The number of aliphatic hydroxyl groups excluding tert-OH is 1. The van der Waals surface area contributed by atoms with Crippen LogP contribution in [-0.2, 0) is 0 Å². The number of nitrogens with zero attached hydrogens (tertiary/aromatic N) is 1. The van der Waals surface area contributed by atoms with Gasteiger partial charge in [0, 0.05) is 40.0 Å². The van der Waals surface area contributed by atoms with E-state index >= 15 is 0 Å². The Balaban J connectivity index is 2.15. The Hall–Kier alpha value is -0.190. The summed E-state index contributed by atoms with van der Waals surface area (Å²) in [5.41, 5.74) is 2.08. The molecule has 1 aromatic rings. The minimum atomic E-state index is -0.384. The lowest BCUT2D eigenvalue weighted by Gasteiger charge is -2.33. The fraction of sp³-hybridized carbons (Fsp3) is 0.615. The molecule has 94 valence electrons. The second kappa shape index (κ2) is 6.12. The SMILES string of the molecule is CCC1SCCSC1C(O)c1cncc(C)c1. The number of aryl methyl sites for hydroxylation is 1. The van der Waals surface area contributed by atoms with Crippen molar-refractivity contribution in [1.29, 1.82) is 0 Å². The van der Waals surface area contributed by atoms with Gasteiger partial charge in [0.2, 0.25) is 0 Å². The predicted octanol–water partition coefficient (Wildman–Crippen LogP) is 3.05. The van der Waals surface area contributed by atoms with Gasteiger partial charge in [-0.3, -0.25) is 4.98 Å². The summed E-state index contributed by atoms with van der Waals surface area (Å²) in [5.74, 6) is 2.35. The second-order valence-corrected chi connectivity index (χ2v) is 7.03. The van der Waals surface area contributed by atoms with Gasteiger partial charge in [-0.1, -0.05) is 13.0 Å². The van der Waals surface area contributed by atoms with Crippen LogP contribution in [0.25, 0.3) is 0 Å². The minimum Gasteiger partial charge on any atom is -0.387 e. The van der Waals surface area contributed by atoms with Crippen LogP contribution in [0.1, 0.15) is 30.6 Å². The average molecular weight is 269 g/mol. The van der Waals surface area contributed by atoms with Crippen molar-refractivity contribution in [2.75, 3.05) is 11.5 Å². The third-order valence-corrected chi connectivity index (χ3v) is 6.38. The zero-order chi connectivity index (χ0) is 12.3. The Bertz CT molecular complexity index is 372. The normalized spacial score (nSPS) is 26.8. The van der Waals surface area contributed by atoms with E-state index < -0.39 is 0 Å². The highest BCUT2D eigenvalue weighted by Crippen LogP contribution is 2.40. The molecule has 0 spiro atoms. The first-order valence-electron chi connectivity index (χ1n) is 6.05. The number of hydrogen-bond acceptors (Lipinski definition) is 4. The molecule has 3 atom stereocenters. The molecule has 2 heterocycles. The summed E-state index contributed by atoms with van der Waals surface area (Å²) < 4.78 is 0. The fourth-order valence-electron chi connectivity index (χ4n) is 2.16. The maximum atomic E-state index is 10.5. The largest absolute Gasteiger partial charge is 0.387 e. The van der Waals surface area contributed by atoms with E-state index in [9.17, 15) is 5.11 Å². The molecule has 0 amide bonds. The number of hydrogen-bond donors (Lipinski definition) is 1. The Kier molecular flexibility index (Phi) is 4.77. The lowest BCUT2D eigenvalue weighted by atomic mass is 10.0. The van der Waals surface area contributed by atoms with E-state index in [4.69, 9.17) is 0 Å². The van der Waals surface area contributed by atoms with Gasteiger partial charge >= 0.3 is 0 Å². The lowest BCUT2D eigenvalue weighted by molar-refractivity contribution is 0.172. The van der Waals surface area contributed by atoms with Crippen LogP contribution in [0.4, 0.5) is 0 Å². The molecular formula is C13H19NOS2. The Morgan fingerprint density at radius 2 is 2.18 bits per heavy atom. The Morgan fingerprint density at radius 3 is 2.88 bits per heavy atom. The number of thioether (sulfide) groups is 2. The molecule has 4 heteroatoms. The van der Waals surface area contributed by atoms with Crippen molar-refractivity contribution >= 4 is 23.5 Å². The molecule has 0 aliphatic carbocycles.